The van der Waals surface area contributed by atoms with Gasteiger partial charge >= 0.3 is 24.5 Å². The van der Waals surface area contributed by atoms with Crippen molar-refractivity contribution in [3.05, 3.63) is 46.0 Å². The molecule has 0 saturated heterocycles. The molecule has 18 heteroatoms. The third-order valence-electron chi connectivity index (χ3n) is 3.50. The highest BCUT2D eigenvalue weighted by atomic mass is 19.4. The summed E-state index contributed by atoms with van der Waals surface area (Å²) in [7, 11) is 0. The maximum Gasteiger partial charge on any atom is 0.459 e. The summed E-state index contributed by atoms with van der Waals surface area (Å²) in [6, 6.07) is 0. The van der Waals surface area contributed by atoms with Crippen LogP contribution in [0.5, 0.6) is 0 Å². The molecule has 0 bridgehead atoms. The minimum absolute atomic E-state index is 1.70. The van der Waals surface area contributed by atoms with Crippen LogP contribution in [0.25, 0.3) is 5.69 Å². The van der Waals surface area contributed by atoms with E-state index in [1.807, 2.05) is 0 Å². The highest BCUT2D eigenvalue weighted by molar-refractivity contribution is 5.43. The van der Waals surface area contributed by atoms with Crippen molar-refractivity contribution < 1.29 is 70.2 Å². The van der Waals surface area contributed by atoms with E-state index in [2.05, 4.69) is 0 Å². The van der Waals surface area contributed by atoms with Gasteiger partial charge in [-0.25, -0.2) is 17.6 Å². The SMILES string of the molecule is Fc1c(F)c(C(F)(F)F)c(F)c(F)c1-n1nc(C(F)(F)C(F)(F)F)c(C(F)(F)F)c1F. The largest absolute Gasteiger partial charge is 0.459 e. The maximum atomic E-state index is 14.0. The Morgan fingerprint density at radius 3 is 1.26 bits per heavy atom. The zero-order valence-corrected chi connectivity index (χ0v) is 13.4. The second kappa shape index (κ2) is 6.91. The number of hydrogen-bond acceptors (Lipinski definition) is 1. The number of alkyl halides is 11. The summed E-state index contributed by atoms with van der Waals surface area (Å²) in [5.74, 6) is -23.4. The van der Waals surface area contributed by atoms with Gasteiger partial charge in [0, 0.05) is 0 Å². The van der Waals surface area contributed by atoms with Gasteiger partial charge in [0.15, 0.2) is 29.0 Å². The lowest BCUT2D eigenvalue weighted by Crippen LogP contribution is -2.36. The van der Waals surface area contributed by atoms with Crippen molar-refractivity contribution in [2.45, 2.75) is 24.5 Å². The average molecular weight is 488 g/mol. The van der Waals surface area contributed by atoms with Crippen molar-refractivity contribution in [2.75, 3.05) is 0 Å². The first kappa shape index (κ1) is 24.6. The zero-order valence-electron chi connectivity index (χ0n) is 13.4. The van der Waals surface area contributed by atoms with E-state index in [0.29, 0.717) is 0 Å². The summed E-state index contributed by atoms with van der Waals surface area (Å²) >= 11 is 0. The fourth-order valence-corrected chi connectivity index (χ4v) is 2.21. The number of aromatic nitrogens is 2. The van der Waals surface area contributed by atoms with Gasteiger partial charge in [-0.2, -0.15) is 62.5 Å². The van der Waals surface area contributed by atoms with Crippen LogP contribution >= 0.6 is 0 Å². The predicted octanol–water partition coefficient (Wildman–Crippen LogP) is 6.26. The van der Waals surface area contributed by atoms with Crippen LogP contribution in [-0.2, 0) is 18.3 Å². The van der Waals surface area contributed by atoms with Crippen LogP contribution in [0.1, 0.15) is 16.8 Å². The van der Waals surface area contributed by atoms with E-state index in [-0.39, 0.29) is 0 Å². The van der Waals surface area contributed by atoms with Crippen molar-refractivity contribution >= 4 is 0 Å². The predicted molar refractivity (Wildman–Crippen MR) is 63.3 cm³/mol. The standard InChI is InChI=1S/C13F16N2/c14-3-1(11(21,22)23)4(15)6(17)7(5(3)16)31-9(18)2(12(24,25)26)8(30-31)10(19,20)13(27,28)29. The Hall–Kier alpha value is -2.69. The smallest absolute Gasteiger partial charge is 0.203 e. The molecule has 0 amide bonds. The van der Waals surface area contributed by atoms with Gasteiger partial charge in [0.2, 0.25) is 5.95 Å². The highest BCUT2D eigenvalue weighted by Crippen LogP contribution is 2.49. The zero-order chi connectivity index (χ0) is 24.5. The lowest BCUT2D eigenvalue weighted by molar-refractivity contribution is -0.292. The topological polar surface area (TPSA) is 17.8 Å². The number of benzene rings is 1. The molecule has 2 nitrogen and oxygen atoms in total. The number of nitrogens with zero attached hydrogens (tertiary/aromatic N) is 2. The van der Waals surface area contributed by atoms with Crippen LogP contribution < -0.4 is 0 Å². The van der Waals surface area contributed by atoms with E-state index >= 15 is 0 Å². The number of hydrogen-bond donors (Lipinski definition) is 0. The molecule has 0 N–H and O–H groups in total. The fourth-order valence-electron chi connectivity index (χ4n) is 2.21. The third kappa shape index (κ3) is 3.75. The molecule has 0 atom stereocenters. The molecule has 0 fully saturated rings. The Kier molecular flexibility index (Phi) is 5.48. The van der Waals surface area contributed by atoms with Crippen LogP contribution in [0, 0.1) is 29.2 Å². The van der Waals surface area contributed by atoms with Gasteiger partial charge in [-0.3, -0.25) is 0 Å². The molecule has 0 aliphatic heterocycles. The normalized spacial score (nSPS) is 13.8. The molecule has 31 heavy (non-hydrogen) atoms. The van der Waals surface area contributed by atoms with E-state index in [4.69, 9.17) is 0 Å². The van der Waals surface area contributed by atoms with Gasteiger partial charge in [-0.1, -0.05) is 0 Å². The monoisotopic (exact) mass is 488 g/mol. The second-order valence-electron chi connectivity index (χ2n) is 5.47. The van der Waals surface area contributed by atoms with Crippen LogP contribution in [0.15, 0.2) is 0 Å². The van der Waals surface area contributed by atoms with Gasteiger partial charge in [0.25, 0.3) is 0 Å². The minimum atomic E-state index is -6.88. The van der Waals surface area contributed by atoms with E-state index in [1.54, 1.807) is 5.10 Å². The molecule has 1 aromatic heterocycles. The van der Waals surface area contributed by atoms with Crippen molar-refractivity contribution in [1.82, 2.24) is 9.78 Å². The highest BCUT2D eigenvalue weighted by Gasteiger charge is 2.64. The van der Waals surface area contributed by atoms with E-state index in [0.717, 1.165) is 0 Å². The molecule has 0 spiro atoms. The van der Waals surface area contributed by atoms with E-state index < -0.39 is 80.9 Å². The van der Waals surface area contributed by atoms with Gasteiger partial charge in [-0.05, 0) is 0 Å². The van der Waals surface area contributed by atoms with Crippen LogP contribution in [0.2, 0.25) is 0 Å². The van der Waals surface area contributed by atoms with E-state index in [9.17, 15) is 70.2 Å². The van der Waals surface area contributed by atoms with Crippen LogP contribution in [-0.4, -0.2) is 16.0 Å². The van der Waals surface area contributed by atoms with Crippen molar-refractivity contribution in [1.29, 1.82) is 0 Å². The summed E-state index contributed by atoms with van der Waals surface area (Å²) in [4.78, 5) is 0. The summed E-state index contributed by atoms with van der Waals surface area (Å²) in [5.41, 5.74) is -13.2. The summed E-state index contributed by atoms with van der Waals surface area (Å²) in [6.45, 7) is 0. The third-order valence-corrected chi connectivity index (χ3v) is 3.50. The second-order valence-corrected chi connectivity index (χ2v) is 5.47. The first-order chi connectivity index (χ1) is 13.7. The van der Waals surface area contributed by atoms with Crippen LogP contribution in [0.3, 0.4) is 0 Å². The lowest BCUT2D eigenvalue weighted by Gasteiger charge is -2.19. The Bertz CT molecular complexity index is 993. The molecule has 0 aliphatic rings. The minimum Gasteiger partial charge on any atom is -0.203 e. The summed E-state index contributed by atoms with van der Waals surface area (Å²) in [6.07, 6.45) is -19.5. The van der Waals surface area contributed by atoms with Crippen molar-refractivity contribution in [2.24, 2.45) is 0 Å². The van der Waals surface area contributed by atoms with Gasteiger partial charge < -0.3 is 0 Å². The molecule has 2 aromatic rings. The first-order valence-corrected chi connectivity index (χ1v) is 6.89. The summed E-state index contributed by atoms with van der Waals surface area (Å²) < 4.78 is 207. The maximum absolute atomic E-state index is 14.0. The number of rotatable bonds is 2. The molecule has 0 radical (unpaired) electrons. The molecule has 1 aromatic carbocycles. The van der Waals surface area contributed by atoms with Gasteiger partial charge in [0.05, 0.1) is 0 Å². The van der Waals surface area contributed by atoms with Crippen molar-refractivity contribution in [3.63, 3.8) is 0 Å². The Morgan fingerprint density at radius 2 is 0.935 bits per heavy atom. The molecular weight excluding hydrogens is 488 g/mol. The molecule has 174 valence electrons. The van der Waals surface area contributed by atoms with Crippen molar-refractivity contribution in [3.8, 4) is 5.69 Å². The Balaban J connectivity index is 3.02. The fraction of sp³-hybridized carbons (Fsp3) is 0.308. The molecule has 1 heterocycles. The van der Waals surface area contributed by atoms with Crippen LogP contribution in [0.4, 0.5) is 70.2 Å². The molecular formula is C13F16N2. The molecule has 0 saturated carbocycles. The van der Waals surface area contributed by atoms with E-state index in [1.165, 1.54) is 0 Å². The summed E-state index contributed by atoms with van der Waals surface area (Å²) in [5, 5.41) is 1.74. The van der Waals surface area contributed by atoms with Gasteiger partial charge in [-0.15, -0.1) is 0 Å². The average Bonchev–Trinajstić information content (AvgIpc) is 2.89. The quantitative estimate of drug-likeness (QED) is 0.361. The molecule has 0 aliphatic carbocycles. The molecule has 2 rings (SSSR count). The molecule has 0 unspecified atom stereocenters. The Labute approximate surface area is 157 Å². The number of halogens is 16. The Morgan fingerprint density at radius 1 is 0.548 bits per heavy atom. The lowest BCUT2D eigenvalue weighted by atomic mass is 10.1. The first-order valence-electron chi connectivity index (χ1n) is 6.89. The van der Waals surface area contributed by atoms with Gasteiger partial charge in [0.1, 0.15) is 16.8 Å².